The SMILES string of the molecule is CC(O)CN(Cc1ccsc1)Cc1ccco1. The molecular formula is C13H17NO2S. The molecule has 0 aliphatic rings. The summed E-state index contributed by atoms with van der Waals surface area (Å²) in [6.45, 7) is 4.03. The molecule has 0 saturated carbocycles. The fourth-order valence-corrected chi connectivity index (χ4v) is 2.48. The first-order chi connectivity index (χ1) is 8.24. The van der Waals surface area contributed by atoms with Gasteiger partial charge in [-0.15, -0.1) is 0 Å². The summed E-state index contributed by atoms with van der Waals surface area (Å²) in [5, 5.41) is 13.7. The Bertz CT molecular complexity index is 372. The van der Waals surface area contributed by atoms with Crippen molar-refractivity contribution in [2.75, 3.05) is 6.54 Å². The molecule has 0 spiro atoms. The molecule has 92 valence electrons. The van der Waals surface area contributed by atoms with Crippen molar-refractivity contribution in [3.8, 4) is 0 Å². The second-order valence-electron chi connectivity index (χ2n) is 4.23. The molecule has 0 amide bonds. The van der Waals surface area contributed by atoms with Gasteiger partial charge < -0.3 is 9.52 Å². The molecule has 4 heteroatoms. The van der Waals surface area contributed by atoms with Gasteiger partial charge in [-0.2, -0.15) is 11.3 Å². The summed E-state index contributed by atoms with van der Waals surface area (Å²) in [5.74, 6) is 0.931. The van der Waals surface area contributed by atoms with E-state index in [1.54, 1.807) is 17.6 Å². The first kappa shape index (κ1) is 12.4. The highest BCUT2D eigenvalue weighted by molar-refractivity contribution is 7.07. The van der Waals surface area contributed by atoms with Crippen LogP contribution >= 0.6 is 11.3 Å². The van der Waals surface area contributed by atoms with Gasteiger partial charge in [0.15, 0.2) is 0 Å². The Morgan fingerprint density at radius 2 is 2.29 bits per heavy atom. The third-order valence-corrected chi connectivity index (χ3v) is 3.20. The second-order valence-corrected chi connectivity index (χ2v) is 5.01. The van der Waals surface area contributed by atoms with E-state index in [0.29, 0.717) is 6.54 Å². The maximum atomic E-state index is 9.51. The topological polar surface area (TPSA) is 36.6 Å². The molecule has 17 heavy (non-hydrogen) atoms. The predicted octanol–water partition coefficient (Wildman–Crippen LogP) is 2.72. The number of aliphatic hydroxyl groups is 1. The van der Waals surface area contributed by atoms with Crippen molar-refractivity contribution < 1.29 is 9.52 Å². The van der Waals surface area contributed by atoms with Crippen LogP contribution < -0.4 is 0 Å². The lowest BCUT2D eigenvalue weighted by Gasteiger charge is -2.22. The molecule has 2 heterocycles. The van der Waals surface area contributed by atoms with Gasteiger partial charge in [0.05, 0.1) is 18.9 Å². The van der Waals surface area contributed by atoms with E-state index >= 15 is 0 Å². The predicted molar refractivity (Wildman–Crippen MR) is 68.8 cm³/mol. The summed E-state index contributed by atoms with van der Waals surface area (Å²) < 4.78 is 5.34. The third-order valence-electron chi connectivity index (χ3n) is 2.47. The molecule has 2 rings (SSSR count). The number of rotatable bonds is 6. The molecule has 2 aromatic heterocycles. The van der Waals surface area contributed by atoms with Crippen LogP contribution in [0.3, 0.4) is 0 Å². The summed E-state index contributed by atoms with van der Waals surface area (Å²) in [7, 11) is 0. The molecule has 0 aromatic carbocycles. The number of furan rings is 1. The van der Waals surface area contributed by atoms with E-state index in [9.17, 15) is 5.11 Å². The summed E-state index contributed by atoms with van der Waals surface area (Å²) in [4.78, 5) is 2.19. The molecule has 1 N–H and O–H groups in total. The van der Waals surface area contributed by atoms with Gasteiger partial charge in [-0.05, 0) is 41.4 Å². The van der Waals surface area contributed by atoms with E-state index < -0.39 is 0 Å². The Morgan fingerprint density at radius 1 is 1.41 bits per heavy atom. The highest BCUT2D eigenvalue weighted by Crippen LogP contribution is 2.13. The largest absolute Gasteiger partial charge is 0.468 e. The smallest absolute Gasteiger partial charge is 0.117 e. The third kappa shape index (κ3) is 4.00. The van der Waals surface area contributed by atoms with Gasteiger partial charge >= 0.3 is 0 Å². The Balaban J connectivity index is 1.97. The molecule has 0 radical (unpaired) electrons. The van der Waals surface area contributed by atoms with Gasteiger partial charge in [-0.25, -0.2) is 0 Å². The van der Waals surface area contributed by atoms with Crippen LogP contribution in [0.1, 0.15) is 18.2 Å². The van der Waals surface area contributed by atoms with Crippen LogP contribution in [0.4, 0.5) is 0 Å². The lowest BCUT2D eigenvalue weighted by Crippen LogP contribution is -2.29. The molecule has 0 saturated heterocycles. The first-order valence-electron chi connectivity index (χ1n) is 5.68. The first-order valence-corrected chi connectivity index (χ1v) is 6.62. The standard InChI is InChI=1S/C13H17NO2S/c1-11(15)7-14(8-12-4-6-17-10-12)9-13-3-2-5-16-13/h2-6,10-11,15H,7-9H2,1H3. The van der Waals surface area contributed by atoms with Crippen LogP contribution in [0, 0.1) is 0 Å². The monoisotopic (exact) mass is 251 g/mol. The van der Waals surface area contributed by atoms with E-state index in [2.05, 4.69) is 21.7 Å². The second kappa shape index (κ2) is 6.00. The Hall–Kier alpha value is -1.10. The lowest BCUT2D eigenvalue weighted by atomic mass is 10.2. The fraction of sp³-hybridized carbons (Fsp3) is 0.385. The highest BCUT2D eigenvalue weighted by atomic mass is 32.1. The van der Waals surface area contributed by atoms with E-state index in [1.807, 2.05) is 19.1 Å². The molecule has 0 aliphatic heterocycles. The molecular weight excluding hydrogens is 234 g/mol. The molecule has 0 bridgehead atoms. The Kier molecular flexibility index (Phi) is 4.36. The summed E-state index contributed by atoms with van der Waals surface area (Å²) >= 11 is 1.70. The van der Waals surface area contributed by atoms with Crippen molar-refractivity contribution in [2.24, 2.45) is 0 Å². The van der Waals surface area contributed by atoms with Crippen LogP contribution in [0.25, 0.3) is 0 Å². The Labute approximate surface area is 105 Å². The normalized spacial score (nSPS) is 13.1. The van der Waals surface area contributed by atoms with E-state index in [-0.39, 0.29) is 6.10 Å². The molecule has 1 atom stereocenters. The minimum atomic E-state index is -0.330. The molecule has 2 aromatic rings. The van der Waals surface area contributed by atoms with Crippen LogP contribution in [0.15, 0.2) is 39.6 Å². The van der Waals surface area contributed by atoms with E-state index in [1.165, 1.54) is 5.56 Å². The van der Waals surface area contributed by atoms with Crippen LogP contribution in [-0.2, 0) is 13.1 Å². The maximum Gasteiger partial charge on any atom is 0.117 e. The lowest BCUT2D eigenvalue weighted by molar-refractivity contribution is 0.113. The molecule has 1 unspecified atom stereocenters. The van der Waals surface area contributed by atoms with Crippen LogP contribution in [0.5, 0.6) is 0 Å². The van der Waals surface area contributed by atoms with Gasteiger partial charge in [0.1, 0.15) is 5.76 Å². The molecule has 0 aliphatic carbocycles. The molecule has 0 fully saturated rings. The zero-order valence-electron chi connectivity index (χ0n) is 9.87. The van der Waals surface area contributed by atoms with Gasteiger partial charge in [0.2, 0.25) is 0 Å². The fourth-order valence-electron chi connectivity index (χ4n) is 1.82. The summed E-state index contributed by atoms with van der Waals surface area (Å²) in [6, 6.07) is 5.96. The minimum Gasteiger partial charge on any atom is -0.468 e. The van der Waals surface area contributed by atoms with Crippen molar-refractivity contribution in [2.45, 2.75) is 26.1 Å². The number of hydrogen-bond acceptors (Lipinski definition) is 4. The van der Waals surface area contributed by atoms with Gasteiger partial charge in [-0.3, -0.25) is 4.90 Å². The number of thiophene rings is 1. The maximum absolute atomic E-state index is 9.51. The number of hydrogen-bond donors (Lipinski definition) is 1. The number of nitrogens with zero attached hydrogens (tertiary/aromatic N) is 1. The van der Waals surface area contributed by atoms with Crippen molar-refractivity contribution in [1.29, 1.82) is 0 Å². The summed E-state index contributed by atoms with van der Waals surface area (Å²) in [6.07, 6.45) is 1.35. The quantitative estimate of drug-likeness (QED) is 0.857. The van der Waals surface area contributed by atoms with Crippen LogP contribution in [0.2, 0.25) is 0 Å². The number of aliphatic hydroxyl groups excluding tert-OH is 1. The Morgan fingerprint density at radius 3 is 2.88 bits per heavy atom. The average Bonchev–Trinajstić information content (AvgIpc) is 2.89. The summed E-state index contributed by atoms with van der Waals surface area (Å²) in [5.41, 5.74) is 1.28. The van der Waals surface area contributed by atoms with Crippen molar-refractivity contribution in [3.05, 3.63) is 46.5 Å². The van der Waals surface area contributed by atoms with Crippen LogP contribution in [-0.4, -0.2) is 22.7 Å². The molecule has 3 nitrogen and oxygen atoms in total. The van der Waals surface area contributed by atoms with Gasteiger partial charge in [0.25, 0.3) is 0 Å². The van der Waals surface area contributed by atoms with Crippen molar-refractivity contribution >= 4 is 11.3 Å². The zero-order valence-corrected chi connectivity index (χ0v) is 10.7. The minimum absolute atomic E-state index is 0.330. The van der Waals surface area contributed by atoms with E-state index in [0.717, 1.165) is 18.8 Å². The average molecular weight is 251 g/mol. The highest BCUT2D eigenvalue weighted by Gasteiger charge is 2.11. The van der Waals surface area contributed by atoms with Gasteiger partial charge in [-0.1, -0.05) is 0 Å². The van der Waals surface area contributed by atoms with E-state index in [4.69, 9.17) is 4.42 Å². The zero-order chi connectivity index (χ0) is 12.1. The van der Waals surface area contributed by atoms with Crippen molar-refractivity contribution in [1.82, 2.24) is 4.90 Å². The van der Waals surface area contributed by atoms with Crippen molar-refractivity contribution in [3.63, 3.8) is 0 Å². The van der Waals surface area contributed by atoms with Gasteiger partial charge in [0, 0.05) is 13.1 Å².